The Labute approximate surface area is 220 Å². The highest BCUT2D eigenvalue weighted by Gasteiger charge is 2.20. The number of rotatable bonds is 7. The lowest BCUT2D eigenvalue weighted by molar-refractivity contribution is 0.102. The molecule has 0 radical (unpaired) electrons. The summed E-state index contributed by atoms with van der Waals surface area (Å²) in [5, 5.41) is 3.28. The van der Waals surface area contributed by atoms with Crippen molar-refractivity contribution in [1.29, 1.82) is 0 Å². The SMILES string of the molecule is CN(C)Cc1ccc(-c2cc(S(C)(=O)=O)ccc2C(=O)Nc2ccc(Cl)c(-c3ccccn3)c2)c(F)c1. The maximum absolute atomic E-state index is 15.2. The first-order valence-electron chi connectivity index (χ1n) is 11.3. The first-order chi connectivity index (χ1) is 17.5. The van der Waals surface area contributed by atoms with Gasteiger partial charge in [0.05, 0.1) is 15.6 Å². The molecule has 0 unspecified atom stereocenters. The highest BCUT2D eigenvalue weighted by molar-refractivity contribution is 7.90. The molecule has 6 nitrogen and oxygen atoms in total. The van der Waals surface area contributed by atoms with E-state index < -0.39 is 21.6 Å². The number of nitrogens with zero attached hydrogens (tertiary/aromatic N) is 2. The first-order valence-corrected chi connectivity index (χ1v) is 13.6. The Bertz CT molecular complexity index is 1580. The van der Waals surface area contributed by atoms with E-state index in [9.17, 15) is 13.2 Å². The number of nitrogens with one attached hydrogen (secondary N) is 1. The fourth-order valence-corrected chi connectivity index (χ4v) is 4.80. The first kappa shape index (κ1) is 26.5. The van der Waals surface area contributed by atoms with Gasteiger partial charge in [0.25, 0.3) is 5.91 Å². The van der Waals surface area contributed by atoms with E-state index in [1.54, 1.807) is 48.7 Å². The zero-order chi connectivity index (χ0) is 26.7. The van der Waals surface area contributed by atoms with Crippen LogP contribution in [-0.4, -0.2) is 44.6 Å². The van der Waals surface area contributed by atoms with Gasteiger partial charge in [-0.3, -0.25) is 9.78 Å². The lowest BCUT2D eigenvalue weighted by Crippen LogP contribution is -2.14. The molecule has 0 aliphatic rings. The summed E-state index contributed by atoms with van der Waals surface area (Å²) < 4.78 is 39.7. The molecule has 37 heavy (non-hydrogen) atoms. The van der Waals surface area contributed by atoms with Crippen molar-refractivity contribution in [3.63, 3.8) is 0 Å². The molecule has 9 heteroatoms. The van der Waals surface area contributed by atoms with Gasteiger partial charge in [-0.2, -0.15) is 0 Å². The van der Waals surface area contributed by atoms with Crippen molar-refractivity contribution in [3.8, 4) is 22.4 Å². The Kier molecular flexibility index (Phi) is 7.73. The molecule has 1 heterocycles. The number of benzene rings is 3. The second kappa shape index (κ2) is 10.8. The van der Waals surface area contributed by atoms with Crippen LogP contribution in [-0.2, 0) is 16.4 Å². The third-order valence-electron chi connectivity index (χ3n) is 5.65. The van der Waals surface area contributed by atoms with Crippen molar-refractivity contribution in [2.75, 3.05) is 25.7 Å². The number of amides is 1. The number of anilines is 1. The molecule has 0 bridgehead atoms. The average Bonchev–Trinajstić information content (AvgIpc) is 2.84. The molecule has 4 aromatic rings. The maximum atomic E-state index is 15.2. The van der Waals surface area contributed by atoms with Crippen molar-refractivity contribution in [1.82, 2.24) is 9.88 Å². The van der Waals surface area contributed by atoms with E-state index in [0.29, 0.717) is 28.5 Å². The van der Waals surface area contributed by atoms with Crippen molar-refractivity contribution < 1.29 is 17.6 Å². The van der Waals surface area contributed by atoms with Gasteiger partial charge in [-0.1, -0.05) is 29.8 Å². The third-order valence-corrected chi connectivity index (χ3v) is 7.09. The lowest BCUT2D eigenvalue weighted by Gasteiger charge is -2.15. The quantitative estimate of drug-likeness (QED) is 0.316. The number of carbonyl (C=O) groups excluding carboxylic acids is 1. The number of aromatic nitrogens is 1. The van der Waals surface area contributed by atoms with Gasteiger partial charge >= 0.3 is 0 Å². The number of hydrogen-bond acceptors (Lipinski definition) is 5. The number of pyridine rings is 1. The molecule has 3 aromatic carbocycles. The highest BCUT2D eigenvalue weighted by Crippen LogP contribution is 2.32. The normalized spacial score (nSPS) is 11.5. The zero-order valence-electron chi connectivity index (χ0n) is 20.5. The molecular formula is C28H25ClFN3O3S. The molecule has 0 saturated heterocycles. The summed E-state index contributed by atoms with van der Waals surface area (Å²) >= 11 is 6.36. The van der Waals surface area contributed by atoms with E-state index >= 15 is 4.39 Å². The predicted octanol–water partition coefficient (Wildman–Crippen LogP) is 5.93. The Morgan fingerprint density at radius 1 is 0.973 bits per heavy atom. The molecule has 0 atom stereocenters. The Balaban J connectivity index is 1.75. The second-order valence-electron chi connectivity index (χ2n) is 8.90. The average molecular weight is 538 g/mol. The molecule has 0 spiro atoms. The molecule has 1 amide bonds. The van der Waals surface area contributed by atoms with Crippen LogP contribution in [0.1, 0.15) is 15.9 Å². The van der Waals surface area contributed by atoms with Gasteiger partial charge < -0.3 is 10.2 Å². The largest absolute Gasteiger partial charge is 0.322 e. The zero-order valence-corrected chi connectivity index (χ0v) is 22.1. The molecular weight excluding hydrogens is 513 g/mol. The predicted molar refractivity (Wildman–Crippen MR) is 145 cm³/mol. The van der Waals surface area contributed by atoms with Gasteiger partial charge in [-0.25, -0.2) is 12.8 Å². The van der Waals surface area contributed by atoms with Crippen molar-refractivity contribution in [3.05, 3.63) is 101 Å². The Morgan fingerprint density at radius 2 is 1.76 bits per heavy atom. The summed E-state index contributed by atoms with van der Waals surface area (Å²) in [6.07, 6.45) is 2.71. The smallest absolute Gasteiger partial charge is 0.256 e. The van der Waals surface area contributed by atoms with Crippen LogP contribution >= 0.6 is 11.6 Å². The van der Waals surface area contributed by atoms with Crippen LogP contribution in [0.3, 0.4) is 0 Å². The molecule has 0 aliphatic heterocycles. The van der Waals surface area contributed by atoms with Crippen LogP contribution in [0.2, 0.25) is 5.02 Å². The molecule has 1 N–H and O–H groups in total. The molecule has 190 valence electrons. The van der Waals surface area contributed by atoms with Crippen molar-refractivity contribution in [2.45, 2.75) is 11.4 Å². The van der Waals surface area contributed by atoms with E-state index in [4.69, 9.17) is 11.6 Å². The number of sulfone groups is 1. The molecule has 1 aromatic heterocycles. The minimum absolute atomic E-state index is 0.0141. The summed E-state index contributed by atoms with van der Waals surface area (Å²) in [7, 11) is 0.155. The van der Waals surface area contributed by atoms with Gasteiger partial charge in [0.1, 0.15) is 5.82 Å². The van der Waals surface area contributed by atoms with Gasteiger partial charge in [-0.15, -0.1) is 0 Å². The van der Waals surface area contributed by atoms with Gasteiger partial charge in [0.2, 0.25) is 0 Å². The van der Waals surface area contributed by atoms with Gasteiger partial charge in [-0.05, 0) is 79.8 Å². The van der Waals surface area contributed by atoms with Crippen LogP contribution in [0.4, 0.5) is 10.1 Å². The van der Waals surface area contributed by atoms with Gasteiger partial charge in [0, 0.05) is 41.4 Å². The molecule has 0 aliphatic carbocycles. The Morgan fingerprint density at radius 3 is 2.41 bits per heavy atom. The molecule has 0 fully saturated rings. The fraction of sp³-hybridized carbons (Fsp3) is 0.143. The van der Waals surface area contributed by atoms with E-state index in [-0.39, 0.29) is 21.6 Å². The third kappa shape index (κ3) is 6.22. The number of halogens is 2. The van der Waals surface area contributed by atoms with Crippen LogP contribution < -0.4 is 5.32 Å². The van der Waals surface area contributed by atoms with Crippen LogP contribution in [0.5, 0.6) is 0 Å². The maximum Gasteiger partial charge on any atom is 0.256 e. The monoisotopic (exact) mass is 537 g/mol. The Hall–Kier alpha value is -3.59. The van der Waals surface area contributed by atoms with Crippen molar-refractivity contribution in [2.24, 2.45) is 0 Å². The van der Waals surface area contributed by atoms with Crippen molar-refractivity contribution >= 4 is 33.0 Å². The summed E-state index contributed by atoms with van der Waals surface area (Å²) in [5.74, 6) is -1.08. The molecule has 0 saturated carbocycles. The highest BCUT2D eigenvalue weighted by atomic mass is 35.5. The second-order valence-corrected chi connectivity index (χ2v) is 11.3. The number of carbonyl (C=O) groups is 1. The lowest BCUT2D eigenvalue weighted by atomic mass is 9.97. The van der Waals surface area contributed by atoms with E-state index in [1.807, 2.05) is 25.1 Å². The summed E-state index contributed by atoms with van der Waals surface area (Å²) in [4.78, 5) is 19.6. The fourth-order valence-electron chi connectivity index (χ4n) is 3.94. The van der Waals surface area contributed by atoms with E-state index in [0.717, 1.165) is 11.8 Å². The molecule has 4 rings (SSSR count). The van der Waals surface area contributed by atoms with Gasteiger partial charge in [0.15, 0.2) is 9.84 Å². The summed E-state index contributed by atoms with van der Waals surface area (Å²) in [6.45, 7) is 0.531. The van der Waals surface area contributed by atoms with Crippen LogP contribution in [0, 0.1) is 5.82 Å². The van der Waals surface area contributed by atoms with Crippen LogP contribution in [0.15, 0.2) is 83.9 Å². The minimum atomic E-state index is -3.60. The number of hydrogen-bond donors (Lipinski definition) is 1. The summed E-state index contributed by atoms with van der Waals surface area (Å²) in [6, 6.07) is 19.2. The topological polar surface area (TPSA) is 79.4 Å². The van der Waals surface area contributed by atoms with E-state index in [2.05, 4.69) is 10.3 Å². The summed E-state index contributed by atoms with van der Waals surface area (Å²) in [5.41, 5.74) is 2.91. The van der Waals surface area contributed by atoms with E-state index in [1.165, 1.54) is 24.3 Å². The minimum Gasteiger partial charge on any atom is -0.322 e. The van der Waals surface area contributed by atoms with Crippen LogP contribution in [0.25, 0.3) is 22.4 Å². The standard InChI is InChI=1S/C28H25ClFN3O3S/c1-33(2)17-18-7-10-21(26(30)14-18)23-16-20(37(3,35)36)9-11-22(23)28(34)32-19-8-12-25(29)24(15-19)27-6-4-5-13-31-27/h4-16H,17H2,1-3H3,(H,32,34).